The molecular weight excluding hydrogens is 353 g/mol. The predicted molar refractivity (Wildman–Crippen MR) is 103 cm³/mol. The van der Waals surface area contributed by atoms with Crippen molar-refractivity contribution >= 4 is 34.5 Å². The summed E-state index contributed by atoms with van der Waals surface area (Å²) in [6.07, 6.45) is 5.07. The average Bonchev–Trinajstić information content (AvgIpc) is 2.68. The summed E-state index contributed by atoms with van der Waals surface area (Å²) < 4.78 is 15.3. The summed E-state index contributed by atoms with van der Waals surface area (Å²) in [4.78, 5) is 13.1. The van der Waals surface area contributed by atoms with Crippen molar-refractivity contribution in [2.24, 2.45) is 4.99 Å². The molecule has 0 fully saturated rings. The number of halogens is 2. The van der Waals surface area contributed by atoms with Gasteiger partial charge in [0.1, 0.15) is 17.7 Å². The first-order valence-electron chi connectivity index (χ1n) is 8.05. The van der Waals surface area contributed by atoms with Gasteiger partial charge in [-0.25, -0.2) is 14.4 Å². The number of anilines is 1. The van der Waals surface area contributed by atoms with Crippen molar-refractivity contribution in [3.63, 3.8) is 0 Å². The molecule has 2 N–H and O–H groups in total. The van der Waals surface area contributed by atoms with Gasteiger partial charge in [-0.3, -0.25) is 4.99 Å². The Balaban J connectivity index is 1.89. The molecule has 1 aromatic heterocycles. The highest BCUT2D eigenvalue weighted by Crippen LogP contribution is 2.33. The third-order valence-corrected chi connectivity index (χ3v) is 4.38. The molecule has 0 spiro atoms. The van der Waals surface area contributed by atoms with Gasteiger partial charge in [0.2, 0.25) is 0 Å². The number of nitrogens with zero attached hydrogens (tertiary/aromatic N) is 3. The van der Waals surface area contributed by atoms with Crippen LogP contribution in [0.4, 0.5) is 10.2 Å². The van der Waals surface area contributed by atoms with E-state index >= 15 is 4.39 Å². The third-order valence-electron chi connectivity index (χ3n) is 4.14. The van der Waals surface area contributed by atoms with E-state index in [9.17, 15) is 0 Å². The monoisotopic (exact) mass is 367 g/mol. The first kappa shape index (κ1) is 16.5. The standard InChI is InChI=1S/C19H15ClFN5/c1-22-19-16-14(25-18(26-19)15-10-23-7-8-24-15)6-5-13(17(16)21)11-3-2-4-12(20)9-11/h2-10,15,24H,1H3,(H,22,25,26). The van der Waals surface area contributed by atoms with E-state index in [4.69, 9.17) is 11.6 Å². The summed E-state index contributed by atoms with van der Waals surface area (Å²) >= 11 is 6.05. The van der Waals surface area contributed by atoms with Gasteiger partial charge in [-0.1, -0.05) is 23.7 Å². The summed E-state index contributed by atoms with van der Waals surface area (Å²) in [5.41, 5.74) is 1.68. The van der Waals surface area contributed by atoms with E-state index in [0.717, 1.165) is 0 Å². The zero-order chi connectivity index (χ0) is 18.1. The van der Waals surface area contributed by atoms with Crippen LogP contribution < -0.4 is 10.6 Å². The van der Waals surface area contributed by atoms with E-state index in [1.165, 1.54) is 0 Å². The molecule has 1 aliphatic heterocycles. The highest BCUT2D eigenvalue weighted by Gasteiger charge is 2.19. The second-order valence-corrected chi connectivity index (χ2v) is 6.21. The summed E-state index contributed by atoms with van der Waals surface area (Å²) in [7, 11) is 1.71. The van der Waals surface area contributed by atoms with Gasteiger partial charge < -0.3 is 10.6 Å². The Labute approximate surface area is 154 Å². The van der Waals surface area contributed by atoms with Crippen LogP contribution in [0.15, 0.2) is 53.8 Å². The molecule has 130 valence electrons. The lowest BCUT2D eigenvalue weighted by atomic mass is 10.0. The van der Waals surface area contributed by atoms with Crippen LogP contribution >= 0.6 is 11.6 Å². The molecule has 0 saturated carbocycles. The summed E-state index contributed by atoms with van der Waals surface area (Å²) in [5, 5.41) is 6.99. The first-order chi connectivity index (χ1) is 12.7. The molecule has 0 radical (unpaired) electrons. The normalized spacial score (nSPS) is 15.9. The van der Waals surface area contributed by atoms with Crippen molar-refractivity contribution in [3.8, 4) is 11.1 Å². The third kappa shape index (κ3) is 2.88. The fourth-order valence-electron chi connectivity index (χ4n) is 2.91. The molecule has 5 nitrogen and oxygen atoms in total. The zero-order valence-electron chi connectivity index (χ0n) is 13.9. The number of nitrogens with one attached hydrogen (secondary N) is 2. The maximum absolute atomic E-state index is 15.3. The Hall–Kier alpha value is -2.99. The van der Waals surface area contributed by atoms with Gasteiger partial charge in [0.15, 0.2) is 5.82 Å². The smallest absolute Gasteiger partial charge is 0.159 e. The van der Waals surface area contributed by atoms with Crippen LogP contribution in [-0.4, -0.2) is 23.2 Å². The Morgan fingerprint density at radius 3 is 2.81 bits per heavy atom. The molecule has 0 saturated heterocycles. The maximum Gasteiger partial charge on any atom is 0.159 e. The van der Waals surface area contributed by atoms with Crippen molar-refractivity contribution < 1.29 is 4.39 Å². The van der Waals surface area contributed by atoms with Crippen molar-refractivity contribution in [1.29, 1.82) is 0 Å². The minimum Gasteiger partial charge on any atom is -0.375 e. The molecule has 26 heavy (non-hydrogen) atoms. The van der Waals surface area contributed by atoms with Crippen LogP contribution in [0.5, 0.6) is 0 Å². The van der Waals surface area contributed by atoms with E-state index in [0.29, 0.717) is 38.7 Å². The van der Waals surface area contributed by atoms with Crippen LogP contribution in [0.25, 0.3) is 22.0 Å². The quantitative estimate of drug-likeness (QED) is 0.723. The van der Waals surface area contributed by atoms with Gasteiger partial charge in [0, 0.05) is 36.2 Å². The van der Waals surface area contributed by atoms with Crippen molar-refractivity contribution in [1.82, 2.24) is 15.3 Å². The van der Waals surface area contributed by atoms with Crippen molar-refractivity contribution in [2.75, 3.05) is 12.4 Å². The Morgan fingerprint density at radius 2 is 2.08 bits per heavy atom. The molecule has 4 rings (SSSR count). The highest BCUT2D eigenvalue weighted by molar-refractivity contribution is 6.30. The number of aromatic nitrogens is 2. The number of benzene rings is 2. The molecular formula is C19H15ClFN5. The van der Waals surface area contributed by atoms with E-state index in [1.54, 1.807) is 56.0 Å². The molecule has 0 aliphatic carbocycles. The molecule has 0 bridgehead atoms. The zero-order valence-corrected chi connectivity index (χ0v) is 14.6. The molecule has 7 heteroatoms. The van der Waals surface area contributed by atoms with Gasteiger partial charge >= 0.3 is 0 Å². The maximum atomic E-state index is 15.3. The summed E-state index contributed by atoms with van der Waals surface area (Å²) in [5.74, 6) is 0.562. The lowest BCUT2D eigenvalue weighted by molar-refractivity contribution is 0.642. The van der Waals surface area contributed by atoms with E-state index in [1.807, 2.05) is 6.07 Å². The van der Waals surface area contributed by atoms with Gasteiger partial charge in [0.25, 0.3) is 0 Å². The molecule has 2 aromatic carbocycles. The van der Waals surface area contributed by atoms with Crippen LogP contribution in [0.1, 0.15) is 11.9 Å². The highest BCUT2D eigenvalue weighted by atomic mass is 35.5. The van der Waals surface area contributed by atoms with Crippen LogP contribution in [0, 0.1) is 5.82 Å². The summed E-state index contributed by atoms with van der Waals surface area (Å²) in [6.45, 7) is 0. The van der Waals surface area contributed by atoms with Crippen LogP contribution in [0.3, 0.4) is 0 Å². The van der Waals surface area contributed by atoms with Gasteiger partial charge in [-0.15, -0.1) is 0 Å². The molecule has 0 amide bonds. The van der Waals surface area contributed by atoms with Crippen LogP contribution in [0.2, 0.25) is 5.02 Å². The largest absolute Gasteiger partial charge is 0.375 e. The van der Waals surface area contributed by atoms with Gasteiger partial charge in [0.05, 0.1) is 10.9 Å². The fourth-order valence-corrected chi connectivity index (χ4v) is 3.10. The first-order valence-corrected chi connectivity index (χ1v) is 8.43. The topological polar surface area (TPSA) is 62.2 Å². The number of fused-ring (bicyclic) bond motifs is 1. The molecule has 2 heterocycles. The second kappa shape index (κ2) is 6.72. The Kier molecular flexibility index (Phi) is 4.26. The van der Waals surface area contributed by atoms with E-state index in [-0.39, 0.29) is 11.9 Å². The molecule has 1 atom stereocenters. The summed E-state index contributed by atoms with van der Waals surface area (Å²) in [6, 6.07) is 10.3. The number of rotatable bonds is 3. The second-order valence-electron chi connectivity index (χ2n) is 5.77. The van der Waals surface area contributed by atoms with Gasteiger partial charge in [-0.2, -0.15) is 0 Å². The molecule has 1 unspecified atom stereocenters. The van der Waals surface area contributed by atoms with Crippen LogP contribution in [-0.2, 0) is 0 Å². The molecule has 3 aromatic rings. The van der Waals surface area contributed by atoms with Crippen molar-refractivity contribution in [2.45, 2.75) is 6.04 Å². The number of aliphatic imine (C=N–C) groups is 1. The number of hydrogen-bond acceptors (Lipinski definition) is 5. The minimum absolute atomic E-state index is 0.257. The minimum atomic E-state index is -0.383. The van der Waals surface area contributed by atoms with Crippen molar-refractivity contribution in [3.05, 3.63) is 65.5 Å². The number of hydrogen-bond donors (Lipinski definition) is 2. The Morgan fingerprint density at radius 1 is 1.19 bits per heavy atom. The SMILES string of the molecule is CNc1nc(C2C=NC=CN2)nc2ccc(-c3cccc(Cl)c3)c(F)c12. The molecule has 1 aliphatic rings. The van der Waals surface area contributed by atoms with E-state index in [2.05, 4.69) is 25.6 Å². The van der Waals surface area contributed by atoms with Gasteiger partial charge in [-0.05, 0) is 29.8 Å². The lowest BCUT2D eigenvalue weighted by Gasteiger charge is -2.16. The Bertz CT molecular complexity index is 1050. The average molecular weight is 368 g/mol. The fraction of sp³-hybridized carbons (Fsp3) is 0.105. The predicted octanol–water partition coefficient (Wildman–Crippen LogP) is 4.32. The lowest BCUT2D eigenvalue weighted by Crippen LogP contribution is -2.22. The van der Waals surface area contributed by atoms with E-state index < -0.39 is 0 Å².